The molecule has 1 aliphatic heterocycles. The van der Waals surface area contributed by atoms with Gasteiger partial charge in [0.15, 0.2) is 6.10 Å². The number of rotatable bonds is 4. The van der Waals surface area contributed by atoms with Gasteiger partial charge in [0.05, 0.1) is 0 Å². The number of nitrogens with zero attached hydrogens (tertiary/aromatic N) is 1. The molecule has 3 unspecified atom stereocenters. The van der Waals surface area contributed by atoms with Gasteiger partial charge in [0.2, 0.25) is 0 Å². The molecule has 1 saturated carbocycles. The Balaban J connectivity index is 1.89. The van der Waals surface area contributed by atoms with Gasteiger partial charge in [0.1, 0.15) is 6.10 Å². The summed E-state index contributed by atoms with van der Waals surface area (Å²) in [6.07, 6.45) is 1.93. The standard InChI is InChI=1S/C12H19NO4/c1-7(8-3-4-8)13(2)11(14)9-5-6-10(17-9)12(15)16/h7-10H,3-6H2,1-2H3,(H,15,16). The minimum Gasteiger partial charge on any atom is -0.479 e. The minimum absolute atomic E-state index is 0.0758. The van der Waals surface area contributed by atoms with Crippen molar-refractivity contribution in [3.8, 4) is 0 Å². The van der Waals surface area contributed by atoms with Crippen LogP contribution in [0.15, 0.2) is 0 Å². The Morgan fingerprint density at radius 3 is 2.29 bits per heavy atom. The van der Waals surface area contributed by atoms with Crippen molar-refractivity contribution in [3.63, 3.8) is 0 Å². The Morgan fingerprint density at radius 2 is 1.82 bits per heavy atom. The number of hydrogen-bond donors (Lipinski definition) is 1. The van der Waals surface area contributed by atoms with Gasteiger partial charge in [0, 0.05) is 13.1 Å². The molecule has 96 valence electrons. The van der Waals surface area contributed by atoms with Crippen molar-refractivity contribution >= 4 is 11.9 Å². The SMILES string of the molecule is CC(C1CC1)N(C)C(=O)C1CCC(C(=O)O)O1. The number of carbonyl (C=O) groups excluding carboxylic acids is 1. The van der Waals surface area contributed by atoms with Crippen LogP contribution in [0.3, 0.4) is 0 Å². The molecule has 0 aromatic heterocycles. The molecule has 0 spiro atoms. The van der Waals surface area contributed by atoms with Crippen molar-refractivity contribution in [1.29, 1.82) is 0 Å². The van der Waals surface area contributed by atoms with Gasteiger partial charge in [-0.2, -0.15) is 0 Å². The molecule has 1 amide bonds. The molecule has 2 fully saturated rings. The molecule has 3 atom stereocenters. The highest BCUT2D eigenvalue weighted by Gasteiger charge is 2.39. The molecule has 1 N–H and O–H groups in total. The first-order chi connectivity index (χ1) is 8.00. The predicted octanol–water partition coefficient (Wildman–Crippen LogP) is 0.875. The van der Waals surface area contributed by atoms with Crippen molar-refractivity contribution in [2.24, 2.45) is 5.92 Å². The lowest BCUT2D eigenvalue weighted by atomic mass is 10.1. The van der Waals surface area contributed by atoms with Crippen LogP contribution < -0.4 is 0 Å². The number of carboxylic acids is 1. The van der Waals surface area contributed by atoms with Gasteiger partial charge in [-0.3, -0.25) is 4.79 Å². The van der Waals surface area contributed by atoms with E-state index < -0.39 is 18.2 Å². The first-order valence-electron chi connectivity index (χ1n) is 6.15. The summed E-state index contributed by atoms with van der Waals surface area (Å²) in [4.78, 5) is 24.6. The zero-order chi connectivity index (χ0) is 12.6. The third-order valence-corrected chi connectivity index (χ3v) is 3.83. The van der Waals surface area contributed by atoms with Gasteiger partial charge in [-0.15, -0.1) is 0 Å². The molecule has 0 aromatic carbocycles. The molecule has 2 rings (SSSR count). The van der Waals surface area contributed by atoms with Crippen LogP contribution in [0.5, 0.6) is 0 Å². The summed E-state index contributed by atoms with van der Waals surface area (Å²) in [6.45, 7) is 2.04. The monoisotopic (exact) mass is 241 g/mol. The number of hydrogen-bond acceptors (Lipinski definition) is 3. The van der Waals surface area contributed by atoms with Crippen molar-refractivity contribution in [3.05, 3.63) is 0 Å². The Kier molecular flexibility index (Phi) is 3.38. The van der Waals surface area contributed by atoms with E-state index in [2.05, 4.69) is 0 Å². The Labute approximate surface area is 101 Å². The van der Waals surface area contributed by atoms with Crippen LogP contribution in [0.2, 0.25) is 0 Å². The van der Waals surface area contributed by atoms with Gasteiger partial charge in [-0.1, -0.05) is 0 Å². The number of carbonyl (C=O) groups is 2. The number of carboxylic acid groups (broad SMARTS) is 1. The Hall–Kier alpha value is -1.10. The highest BCUT2D eigenvalue weighted by atomic mass is 16.5. The molecular formula is C12H19NO4. The summed E-state index contributed by atoms with van der Waals surface area (Å²) in [6, 6.07) is 0.231. The lowest BCUT2D eigenvalue weighted by molar-refractivity contribution is -0.155. The van der Waals surface area contributed by atoms with Gasteiger partial charge in [-0.25, -0.2) is 4.79 Å². The molecule has 5 heteroatoms. The zero-order valence-corrected chi connectivity index (χ0v) is 10.3. The zero-order valence-electron chi connectivity index (χ0n) is 10.3. The van der Waals surface area contributed by atoms with Crippen molar-refractivity contribution in [1.82, 2.24) is 4.90 Å². The van der Waals surface area contributed by atoms with Crippen LogP contribution in [-0.4, -0.2) is 47.2 Å². The van der Waals surface area contributed by atoms with Gasteiger partial charge in [-0.05, 0) is 38.5 Å². The fraction of sp³-hybridized carbons (Fsp3) is 0.833. The molecular weight excluding hydrogens is 222 g/mol. The van der Waals surface area contributed by atoms with E-state index >= 15 is 0 Å². The second kappa shape index (κ2) is 4.64. The van der Waals surface area contributed by atoms with Crippen LogP contribution in [-0.2, 0) is 14.3 Å². The topological polar surface area (TPSA) is 66.8 Å². The Bertz CT molecular complexity index is 326. The first kappa shape index (κ1) is 12.4. The maximum Gasteiger partial charge on any atom is 0.332 e. The third kappa shape index (κ3) is 2.60. The van der Waals surface area contributed by atoms with Crippen LogP contribution in [0.25, 0.3) is 0 Å². The molecule has 2 aliphatic rings. The number of likely N-dealkylation sites (N-methyl/N-ethyl adjacent to an activating group) is 1. The maximum absolute atomic E-state index is 12.1. The van der Waals surface area contributed by atoms with Crippen molar-refractivity contribution in [2.75, 3.05) is 7.05 Å². The molecule has 1 heterocycles. The number of ether oxygens (including phenoxy) is 1. The summed E-state index contributed by atoms with van der Waals surface area (Å²) in [5, 5.41) is 8.81. The van der Waals surface area contributed by atoms with Crippen molar-refractivity contribution < 1.29 is 19.4 Å². The average molecular weight is 241 g/mol. The second-order valence-electron chi connectivity index (χ2n) is 5.06. The van der Waals surface area contributed by atoms with Gasteiger partial charge in [0.25, 0.3) is 5.91 Å². The van der Waals surface area contributed by atoms with E-state index in [9.17, 15) is 9.59 Å². The normalized spacial score (nSPS) is 30.0. The molecule has 1 saturated heterocycles. The largest absolute Gasteiger partial charge is 0.479 e. The highest BCUT2D eigenvalue weighted by molar-refractivity contribution is 5.82. The summed E-state index contributed by atoms with van der Waals surface area (Å²) in [7, 11) is 1.78. The maximum atomic E-state index is 12.1. The third-order valence-electron chi connectivity index (χ3n) is 3.83. The average Bonchev–Trinajstić information content (AvgIpc) is 3.03. The quantitative estimate of drug-likeness (QED) is 0.793. The summed E-state index contributed by atoms with van der Waals surface area (Å²) in [5.74, 6) is -0.438. The summed E-state index contributed by atoms with van der Waals surface area (Å²) < 4.78 is 5.27. The summed E-state index contributed by atoms with van der Waals surface area (Å²) >= 11 is 0. The molecule has 1 aliphatic carbocycles. The highest BCUT2D eigenvalue weighted by Crippen LogP contribution is 2.35. The molecule has 5 nitrogen and oxygen atoms in total. The Morgan fingerprint density at radius 1 is 1.24 bits per heavy atom. The molecule has 17 heavy (non-hydrogen) atoms. The van der Waals surface area contributed by atoms with Gasteiger partial charge < -0.3 is 14.7 Å². The fourth-order valence-electron chi connectivity index (χ4n) is 2.32. The van der Waals surface area contributed by atoms with Crippen molar-refractivity contribution in [2.45, 2.75) is 50.9 Å². The fourth-order valence-corrected chi connectivity index (χ4v) is 2.32. The molecule has 0 aromatic rings. The number of amides is 1. The van der Waals surface area contributed by atoms with E-state index in [1.165, 1.54) is 12.8 Å². The summed E-state index contributed by atoms with van der Waals surface area (Å²) in [5.41, 5.74) is 0. The van der Waals surface area contributed by atoms with E-state index in [1.54, 1.807) is 11.9 Å². The lowest BCUT2D eigenvalue weighted by Gasteiger charge is -2.27. The minimum atomic E-state index is -0.974. The van der Waals surface area contributed by atoms with Crippen LogP contribution >= 0.6 is 0 Å². The van der Waals surface area contributed by atoms with E-state index in [1.807, 2.05) is 6.92 Å². The van der Waals surface area contributed by atoms with E-state index in [0.717, 1.165) is 0 Å². The predicted molar refractivity (Wildman–Crippen MR) is 60.5 cm³/mol. The van der Waals surface area contributed by atoms with Gasteiger partial charge >= 0.3 is 5.97 Å². The first-order valence-corrected chi connectivity index (χ1v) is 6.15. The van der Waals surface area contributed by atoms with Crippen LogP contribution in [0.4, 0.5) is 0 Å². The molecule has 0 radical (unpaired) electrons. The van der Waals surface area contributed by atoms with Crippen LogP contribution in [0, 0.1) is 5.92 Å². The van der Waals surface area contributed by atoms with E-state index in [0.29, 0.717) is 18.8 Å². The lowest BCUT2D eigenvalue weighted by Crippen LogP contribution is -2.43. The number of aliphatic carboxylic acids is 1. The van der Waals surface area contributed by atoms with Crippen LogP contribution in [0.1, 0.15) is 32.6 Å². The van der Waals surface area contributed by atoms with E-state index in [-0.39, 0.29) is 11.9 Å². The molecule has 0 bridgehead atoms. The second-order valence-corrected chi connectivity index (χ2v) is 5.06. The van der Waals surface area contributed by atoms with E-state index in [4.69, 9.17) is 9.84 Å². The smallest absolute Gasteiger partial charge is 0.332 e.